The molecule has 2 heterocycles. The zero-order valence-electron chi connectivity index (χ0n) is 13.1. The summed E-state index contributed by atoms with van der Waals surface area (Å²) in [5.41, 5.74) is 0. The SMILES string of the molecule is CCCN1CCC(NC(=O)N2C[C@@H](C)O[C@@H](C)C2)CC1. The zero-order chi connectivity index (χ0) is 14.5. The lowest BCUT2D eigenvalue weighted by atomic mass is 10.1. The van der Waals surface area contributed by atoms with Crippen molar-refractivity contribution >= 4 is 6.03 Å². The minimum Gasteiger partial charge on any atom is -0.372 e. The first-order chi connectivity index (χ1) is 9.58. The number of piperidine rings is 1. The highest BCUT2D eigenvalue weighted by molar-refractivity contribution is 5.74. The van der Waals surface area contributed by atoms with E-state index in [0.29, 0.717) is 19.1 Å². The molecule has 2 aliphatic rings. The Morgan fingerprint density at radius 1 is 1.20 bits per heavy atom. The number of morpholine rings is 1. The van der Waals surface area contributed by atoms with Crippen LogP contribution in [0.3, 0.4) is 0 Å². The van der Waals surface area contributed by atoms with E-state index in [1.807, 2.05) is 18.7 Å². The van der Waals surface area contributed by atoms with Crippen molar-refractivity contribution in [1.29, 1.82) is 0 Å². The average Bonchev–Trinajstić information content (AvgIpc) is 2.40. The predicted molar refractivity (Wildman–Crippen MR) is 79.9 cm³/mol. The van der Waals surface area contributed by atoms with Gasteiger partial charge in [-0.1, -0.05) is 6.92 Å². The molecule has 116 valence electrons. The van der Waals surface area contributed by atoms with Crippen molar-refractivity contribution in [1.82, 2.24) is 15.1 Å². The Bertz CT molecular complexity index is 306. The van der Waals surface area contributed by atoms with Crippen LogP contribution in [0.5, 0.6) is 0 Å². The maximum absolute atomic E-state index is 12.3. The number of carbonyl (C=O) groups excluding carboxylic acids is 1. The summed E-state index contributed by atoms with van der Waals surface area (Å²) in [5.74, 6) is 0. The van der Waals surface area contributed by atoms with Crippen molar-refractivity contribution in [3.05, 3.63) is 0 Å². The highest BCUT2D eigenvalue weighted by Gasteiger charge is 2.28. The Morgan fingerprint density at radius 2 is 1.80 bits per heavy atom. The lowest BCUT2D eigenvalue weighted by Crippen LogP contribution is -2.54. The zero-order valence-corrected chi connectivity index (χ0v) is 13.1. The number of likely N-dealkylation sites (tertiary alicyclic amines) is 1. The van der Waals surface area contributed by atoms with E-state index in [4.69, 9.17) is 4.74 Å². The summed E-state index contributed by atoms with van der Waals surface area (Å²) in [6.45, 7) is 11.1. The minimum absolute atomic E-state index is 0.0842. The molecule has 0 spiro atoms. The normalized spacial score (nSPS) is 29.4. The average molecular weight is 283 g/mol. The molecule has 2 aliphatic heterocycles. The molecule has 0 radical (unpaired) electrons. The fourth-order valence-corrected chi connectivity index (χ4v) is 3.23. The molecule has 0 aromatic carbocycles. The first kappa shape index (κ1) is 15.6. The molecule has 2 atom stereocenters. The highest BCUT2D eigenvalue weighted by atomic mass is 16.5. The summed E-state index contributed by atoms with van der Waals surface area (Å²) >= 11 is 0. The monoisotopic (exact) mass is 283 g/mol. The summed E-state index contributed by atoms with van der Waals surface area (Å²) < 4.78 is 5.67. The largest absolute Gasteiger partial charge is 0.372 e. The van der Waals surface area contributed by atoms with Crippen molar-refractivity contribution in [2.24, 2.45) is 0 Å². The van der Waals surface area contributed by atoms with Gasteiger partial charge in [-0.2, -0.15) is 0 Å². The van der Waals surface area contributed by atoms with Crippen LogP contribution in [0, 0.1) is 0 Å². The molecule has 0 unspecified atom stereocenters. The van der Waals surface area contributed by atoms with Crippen LogP contribution in [0.4, 0.5) is 4.79 Å². The molecule has 2 fully saturated rings. The van der Waals surface area contributed by atoms with Gasteiger partial charge < -0.3 is 19.9 Å². The Hall–Kier alpha value is -0.810. The molecule has 2 saturated heterocycles. The summed E-state index contributed by atoms with van der Waals surface area (Å²) in [5, 5.41) is 3.20. The van der Waals surface area contributed by atoms with Crippen LogP contribution in [0.15, 0.2) is 0 Å². The van der Waals surface area contributed by atoms with Gasteiger partial charge in [-0.05, 0) is 39.7 Å². The third kappa shape index (κ3) is 4.35. The van der Waals surface area contributed by atoms with Crippen molar-refractivity contribution in [2.75, 3.05) is 32.7 Å². The number of rotatable bonds is 3. The topological polar surface area (TPSA) is 44.8 Å². The van der Waals surface area contributed by atoms with E-state index >= 15 is 0 Å². The van der Waals surface area contributed by atoms with E-state index in [1.54, 1.807) is 0 Å². The summed E-state index contributed by atoms with van der Waals surface area (Å²) in [6, 6.07) is 0.421. The first-order valence-corrected chi connectivity index (χ1v) is 8.01. The lowest BCUT2D eigenvalue weighted by Gasteiger charge is -2.37. The van der Waals surface area contributed by atoms with Gasteiger partial charge in [-0.15, -0.1) is 0 Å². The van der Waals surface area contributed by atoms with Crippen molar-refractivity contribution in [3.8, 4) is 0 Å². The summed E-state index contributed by atoms with van der Waals surface area (Å²) in [6.07, 6.45) is 3.62. The number of nitrogens with zero attached hydrogens (tertiary/aromatic N) is 2. The Labute approximate surface area is 122 Å². The fraction of sp³-hybridized carbons (Fsp3) is 0.933. The molecule has 20 heavy (non-hydrogen) atoms. The van der Waals surface area contributed by atoms with Gasteiger partial charge in [0.25, 0.3) is 0 Å². The third-order valence-corrected chi connectivity index (χ3v) is 4.16. The van der Waals surface area contributed by atoms with Gasteiger partial charge in [-0.25, -0.2) is 4.79 Å². The molecular formula is C15H29N3O2. The molecule has 0 aromatic heterocycles. The van der Waals surface area contributed by atoms with Crippen LogP contribution >= 0.6 is 0 Å². The number of hydrogen-bond acceptors (Lipinski definition) is 3. The molecule has 5 nitrogen and oxygen atoms in total. The molecule has 2 rings (SSSR count). The predicted octanol–water partition coefficient (Wildman–Crippen LogP) is 1.68. The molecule has 0 aliphatic carbocycles. The van der Waals surface area contributed by atoms with Gasteiger partial charge in [0.15, 0.2) is 0 Å². The number of hydrogen-bond donors (Lipinski definition) is 1. The standard InChI is InChI=1S/C15H29N3O2/c1-4-7-17-8-5-14(6-9-17)16-15(19)18-10-12(2)20-13(3)11-18/h12-14H,4-11H2,1-3H3,(H,16,19)/t12-,13+. The van der Waals surface area contributed by atoms with Crippen LogP contribution in [-0.2, 0) is 4.74 Å². The molecular weight excluding hydrogens is 254 g/mol. The molecule has 2 amide bonds. The minimum atomic E-state index is 0.0842. The van der Waals surface area contributed by atoms with E-state index in [1.165, 1.54) is 13.0 Å². The van der Waals surface area contributed by atoms with Gasteiger partial charge >= 0.3 is 6.03 Å². The molecule has 0 aromatic rings. The highest BCUT2D eigenvalue weighted by Crippen LogP contribution is 2.14. The second-order valence-electron chi connectivity index (χ2n) is 6.23. The van der Waals surface area contributed by atoms with Gasteiger partial charge in [0.05, 0.1) is 12.2 Å². The van der Waals surface area contributed by atoms with Crippen molar-refractivity contribution < 1.29 is 9.53 Å². The summed E-state index contributed by atoms with van der Waals surface area (Å²) in [4.78, 5) is 16.7. The van der Waals surface area contributed by atoms with E-state index in [9.17, 15) is 4.79 Å². The van der Waals surface area contributed by atoms with Gasteiger partial charge in [-0.3, -0.25) is 0 Å². The van der Waals surface area contributed by atoms with Gasteiger partial charge in [0, 0.05) is 32.2 Å². The summed E-state index contributed by atoms with van der Waals surface area (Å²) in [7, 11) is 0. The number of urea groups is 1. The quantitative estimate of drug-likeness (QED) is 0.857. The van der Waals surface area contributed by atoms with Crippen LogP contribution < -0.4 is 5.32 Å². The number of amides is 2. The molecule has 0 saturated carbocycles. The van der Waals surface area contributed by atoms with E-state index in [2.05, 4.69) is 17.1 Å². The number of carbonyl (C=O) groups is 1. The van der Waals surface area contributed by atoms with Gasteiger partial charge in [0.2, 0.25) is 0 Å². The van der Waals surface area contributed by atoms with Gasteiger partial charge in [0.1, 0.15) is 0 Å². The van der Waals surface area contributed by atoms with Crippen LogP contribution in [0.1, 0.15) is 40.0 Å². The van der Waals surface area contributed by atoms with E-state index < -0.39 is 0 Å². The van der Waals surface area contributed by atoms with Crippen molar-refractivity contribution in [2.45, 2.75) is 58.3 Å². The second-order valence-corrected chi connectivity index (χ2v) is 6.23. The smallest absolute Gasteiger partial charge is 0.317 e. The number of nitrogens with one attached hydrogen (secondary N) is 1. The maximum atomic E-state index is 12.3. The second kappa shape index (κ2) is 7.27. The Balaban J connectivity index is 1.75. The number of ether oxygens (including phenoxy) is 1. The van der Waals surface area contributed by atoms with Crippen LogP contribution in [0.2, 0.25) is 0 Å². The maximum Gasteiger partial charge on any atom is 0.317 e. The molecule has 5 heteroatoms. The van der Waals surface area contributed by atoms with Crippen LogP contribution in [0.25, 0.3) is 0 Å². The third-order valence-electron chi connectivity index (χ3n) is 4.16. The Kier molecular flexibility index (Phi) is 5.66. The fourth-order valence-electron chi connectivity index (χ4n) is 3.23. The first-order valence-electron chi connectivity index (χ1n) is 8.01. The van der Waals surface area contributed by atoms with Crippen LogP contribution in [-0.4, -0.2) is 66.8 Å². The lowest BCUT2D eigenvalue weighted by molar-refractivity contribution is -0.0549. The molecule has 1 N–H and O–H groups in total. The van der Waals surface area contributed by atoms with E-state index in [-0.39, 0.29) is 18.2 Å². The van der Waals surface area contributed by atoms with Crippen molar-refractivity contribution in [3.63, 3.8) is 0 Å². The van der Waals surface area contributed by atoms with E-state index in [0.717, 1.165) is 25.9 Å². The Morgan fingerprint density at radius 3 is 2.35 bits per heavy atom. The molecule has 0 bridgehead atoms.